The standard InChI is InChI=1S/C22H23N3O/c1-3-21(18-10-5-4-6-11-18)24-25-22(26)16(2)23-20-14-13-17-9-7-8-12-19(17)15-20/h4-16,23H,3H2,1-2H3,(H,25,26). The molecule has 3 aromatic rings. The number of hydrazone groups is 1. The van der Waals surface area contributed by atoms with Crippen molar-refractivity contribution in [1.29, 1.82) is 0 Å². The SMILES string of the molecule is CCC(=NNC(=O)C(C)Nc1ccc2ccccc2c1)c1ccccc1. The fourth-order valence-corrected chi connectivity index (χ4v) is 2.79. The van der Waals surface area contributed by atoms with Crippen molar-refractivity contribution < 1.29 is 4.79 Å². The van der Waals surface area contributed by atoms with Crippen molar-refractivity contribution in [2.45, 2.75) is 26.3 Å². The van der Waals surface area contributed by atoms with Gasteiger partial charge in [0.25, 0.3) is 5.91 Å². The highest BCUT2D eigenvalue weighted by molar-refractivity contribution is 6.01. The molecular formula is C22H23N3O. The maximum Gasteiger partial charge on any atom is 0.262 e. The topological polar surface area (TPSA) is 53.5 Å². The molecule has 0 heterocycles. The number of fused-ring (bicyclic) bond motifs is 1. The number of rotatable bonds is 6. The summed E-state index contributed by atoms with van der Waals surface area (Å²) in [7, 11) is 0. The second kappa shape index (κ2) is 8.30. The van der Waals surface area contributed by atoms with Crippen LogP contribution in [0.25, 0.3) is 10.8 Å². The summed E-state index contributed by atoms with van der Waals surface area (Å²) in [5.74, 6) is -0.167. The second-order valence-corrected chi connectivity index (χ2v) is 6.18. The summed E-state index contributed by atoms with van der Waals surface area (Å²) < 4.78 is 0. The van der Waals surface area contributed by atoms with E-state index in [1.54, 1.807) is 0 Å². The Morgan fingerprint density at radius 3 is 2.38 bits per heavy atom. The molecule has 132 valence electrons. The van der Waals surface area contributed by atoms with Gasteiger partial charge in [0.05, 0.1) is 5.71 Å². The van der Waals surface area contributed by atoms with E-state index in [1.165, 1.54) is 5.39 Å². The lowest BCUT2D eigenvalue weighted by Crippen LogP contribution is -2.35. The lowest BCUT2D eigenvalue weighted by Gasteiger charge is -2.14. The first-order valence-corrected chi connectivity index (χ1v) is 8.84. The van der Waals surface area contributed by atoms with Crippen LogP contribution in [-0.4, -0.2) is 17.7 Å². The van der Waals surface area contributed by atoms with Gasteiger partial charge in [0.1, 0.15) is 6.04 Å². The van der Waals surface area contributed by atoms with Gasteiger partial charge in [-0.1, -0.05) is 67.6 Å². The Labute approximate surface area is 153 Å². The number of hydrogen-bond acceptors (Lipinski definition) is 3. The monoisotopic (exact) mass is 345 g/mol. The molecule has 4 heteroatoms. The molecule has 0 aliphatic heterocycles. The first kappa shape index (κ1) is 17.7. The van der Waals surface area contributed by atoms with Crippen LogP contribution in [0.4, 0.5) is 5.69 Å². The zero-order valence-electron chi connectivity index (χ0n) is 15.1. The average Bonchev–Trinajstić information content (AvgIpc) is 2.69. The van der Waals surface area contributed by atoms with Gasteiger partial charge in [0.2, 0.25) is 0 Å². The maximum atomic E-state index is 12.4. The molecule has 3 aromatic carbocycles. The van der Waals surface area contributed by atoms with Crippen LogP contribution >= 0.6 is 0 Å². The molecule has 0 aromatic heterocycles. The molecule has 4 nitrogen and oxygen atoms in total. The van der Waals surface area contributed by atoms with E-state index in [0.29, 0.717) is 0 Å². The molecule has 26 heavy (non-hydrogen) atoms. The first-order valence-electron chi connectivity index (χ1n) is 8.84. The Morgan fingerprint density at radius 2 is 1.65 bits per heavy atom. The van der Waals surface area contributed by atoms with Crippen molar-refractivity contribution in [1.82, 2.24) is 5.43 Å². The summed E-state index contributed by atoms with van der Waals surface area (Å²) in [4.78, 5) is 12.4. The molecule has 0 saturated heterocycles. The van der Waals surface area contributed by atoms with Crippen LogP contribution in [0.2, 0.25) is 0 Å². The molecule has 2 N–H and O–H groups in total. The van der Waals surface area contributed by atoms with Gasteiger partial charge < -0.3 is 5.32 Å². The summed E-state index contributed by atoms with van der Waals surface area (Å²) in [5, 5.41) is 9.85. The number of benzene rings is 3. The molecule has 0 radical (unpaired) electrons. The van der Waals surface area contributed by atoms with Crippen LogP contribution in [0.15, 0.2) is 77.9 Å². The molecule has 3 rings (SSSR count). The number of nitrogens with zero attached hydrogens (tertiary/aromatic N) is 1. The van der Waals surface area contributed by atoms with Gasteiger partial charge in [-0.2, -0.15) is 5.10 Å². The molecule has 0 fully saturated rings. The highest BCUT2D eigenvalue weighted by Gasteiger charge is 2.12. The Hall–Kier alpha value is -3.14. The highest BCUT2D eigenvalue weighted by Crippen LogP contribution is 2.19. The van der Waals surface area contributed by atoms with Gasteiger partial charge in [-0.15, -0.1) is 0 Å². The lowest BCUT2D eigenvalue weighted by molar-refractivity contribution is -0.121. The van der Waals surface area contributed by atoms with E-state index < -0.39 is 6.04 Å². The summed E-state index contributed by atoms with van der Waals surface area (Å²) in [6, 6.07) is 23.7. The van der Waals surface area contributed by atoms with Gasteiger partial charge in [-0.3, -0.25) is 4.79 Å². The number of anilines is 1. The van der Waals surface area contributed by atoms with Crippen LogP contribution in [-0.2, 0) is 4.79 Å². The van der Waals surface area contributed by atoms with Crippen molar-refractivity contribution in [3.05, 3.63) is 78.4 Å². The van der Waals surface area contributed by atoms with E-state index >= 15 is 0 Å². The van der Waals surface area contributed by atoms with Gasteiger partial charge in [0, 0.05) is 5.69 Å². The molecular weight excluding hydrogens is 322 g/mol. The largest absolute Gasteiger partial charge is 0.374 e. The smallest absolute Gasteiger partial charge is 0.262 e. The van der Waals surface area contributed by atoms with Gasteiger partial charge in [-0.05, 0) is 41.8 Å². The minimum absolute atomic E-state index is 0.167. The van der Waals surface area contributed by atoms with Crippen molar-refractivity contribution in [3.63, 3.8) is 0 Å². The van der Waals surface area contributed by atoms with Crippen LogP contribution in [0.5, 0.6) is 0 Å². The third-order valence-corrected chi connectivity index (χ3v) is 4.27. The fraction of sp³-hybridized carbons (Fsp3) is 0.182. The Bertz CT molecular complexity index is 919. The van der Waals surface area contributed by atoms with Crippen molar-refractivity contribution in [3.8, 4) is 0 Å². The summed E-state index contributed by atoms with van der Waals surface area (Å²) in [6.45, 7) is 3.85. The molecule has 0 aliphatic rings. The summed E-state index contributed by atoms with van der Waals surface area (Å²) in [5.41, 5.74) is 5.46. The van der Waals surface area contributed by atoms with Gasteiger partial charge in [-0.25, -0.2) is 5.43 Å². The van der Waals surface area contributed by atoms with Crippen molar-refractivity contribution in [2.24, 2.45) is 5.10 Å². The number of carbonyl (C=O) groups excluding carboxylic acids is 1. The second-order valence-electron chi connectivity index (χ2n) is 6.18. The minimum atomic E-state index is -0.395. The molecule has 0 saturated carbocycles. The normalized spacial score (nSPS) is 12.6. The van der Waals surface area contributed by atoms with E-state index in [2.05, 4.69) is 28.0 Å². The number of nitrogens with one attached hydrogen (secondary N) is 2. The zero-order chi connectivity index (χ0) is 18.4. The Morgan fingerprint density at radius 1 is 0.962 bits per heavy atom. The lowest BCUT2D eigenvalue weighted by atomic mass is 10.1. The predicted molar refractivity (Wildman–Crippen MR) is 108 cm³/mol. The van der Waals surface area contributed by atoms with Crippen LogP contribution in [0, 0.1) is 0 Å². The van der Waals surface area contributed by atoms with Crippen LogP contribution < -0.4 is 10.7 Å². The van der Waals surface area contributed by atoms with Crippen LogP contribution in [0.3, 0.4) is 0 Å². The molecule has 1 amide bonds. The quantitative estimate of drug-likeness (QED) is 0.508. The third-order valence-electron chi connectivity index (χ3n) is 4.27. The van der Waals surface area contributed by atoms with E-state index in [-0.39, 0.29) is 5.91 Å². The molecule has 0 aliphatic carbocycles. The number of carbonyl (C=O) groups is 1. The molecule has 0 spiro atoms. The van der Waals surface area contributed by atoms with Crippen molar-refractivity contribution in [2.75, 3.05) is 5.32 Å². The number of amides is 1. The van der Waals surface area contributed by atoms with E-state index in [4.69, 9.17) is 0 Å². The van der Waals surface area contributed by atoms with Crippen molar-refractivity contribution >= 4 is 28.1 Å². The fourth-order valence-electron chi connectivity index (χ4n) is 2.79. The molecule has 0 bridgehead atoms. The van der Waals surface area contributed by atoms with Gasteiger partial charge in [0.15, 0.2) is 0 Å². The average molecular weight is 345 g/mol. The Balaban J connectivity index is 1.66. The molecule has 1 unspecified atom stereocenters. The summed E-state index contributed by atoms with van der Waals surface area (Å²) >= 11 is 0. The zero-order valence-corrected chi connectivity index (χ0v) is 15.1. The maximum absolute atomic E-state index is 12.4. The van der Waals surface area contributed by atoms with Crippen LogP contribution in [0.1, 0.15) is 25.8 Å². The minimum Gasteiger partial charge on any atom is -0.374 e. The first-order chi connectivity index (χ1) is 12.7. The predicted octanol–water partition coefficient (Wildman–Crippen LogP) is 4.57. The molecule has 1 atom stereocenters. The van der Waals surface area contributed by atoms with E-state index in [9.17, 15) is 4.79 Å². The number of hydrogen-bond donors (Lipinski definition) is 2. The van der Waals surface area contributed by atoms with Gasteiger partial charge >= 0.3 is 0 Å². The highest BCUT2D eigenvalue weighted by atomic mass is 16.2. The third kappa shape index (κ3) is 4.28. The van der Waals surface area contributed by atoms with E-state index in [0.717, 1.165) is 28.8 Å². The summed E-state index contributed by atoms with van der Waals surface area (Å²) in [6.07, 6.45) is 0.747. The Kier molecular flexibility index (Phi) is 5.64. The van der Waals surface area contributed by atoms with E-state index in [1.807, 2.05) is 74.5 Å².